The molecule has 0 aliphatic rings. The number of halogens is 2. The summed E-state index contributed by atoms with van der Waals surface area (Å²) in [6.45, 7) is 1.46. The van der Waals surface area contributed by atoms with Crippen molar-refractivity contribution in [1.82, 2.24) is 0 Å². The summed E-state index contributed by atoms with van der Waals surface area (Å²) in [5, 5.41) is -0.634. The van der Waals surface area contributed by atoms with Gasteiger partial charge < -0.3 is 0 Å². The summed E-state index contributed by atoms with van der Waals surface area (Å²) in [6.07, 6.45) is 0. The standard InChI is InChI=1S/C10H10Cl2OS/c1-6(13)9(12)8-4-2-3-7(5-11)10(8)14/h2-4,9,14H,5H2,1H3. The van der Waals surface area contributed by atoms with Crippen molar-refractivity contribution in [3.8, 4) is 0 Å². The van der Waals surface area contributed by atoms with Gasteiger partial charge in [-0.3, -0.25) is 4.79 Å². The van der Waals surface area contributed by atoms with Crippen LogP contribution in [0.25, 0.3) is 0 Å². The summed E-state index contributed by atoms with van der Waals surface area (Å²) in [5.74, 6) is 0.280. The van der Waals surface area contributed by atoms with E-state index in [2.05, 4.69) is 12.6 Å². The number of Topliss-reactive ketones (excluding diaryl/α,β-unsaturated/α-hetero) is 1. The largest absolute Gasteiger partial charge is 0.298 e. The molecule has 0 heterocycles. The smallest absolute Gasteiger partial charge is 0.152 e. The molecule has 0 N–H and O–H groups in total. The SMILES string of the molecule is CC(=O)C(Cl)c1cccc(CCl)c1S. The summed E-state index contributed by atoms with van der Waals surface area (Å²) in [5.41, 5.74) is 1.61. The molecule has 0 saturated heterocycles. The van der Waals surface area contributed by atoms with E-state index >= 15 is 0 Å². The number of hydrogen-bond donors (Lipinski definition) is 1. The van der Waals surface area contributed by atoms with Gasteiger partial charge in [-0.05, 0) is 18.1 Å². The third-order valence-electron chi connectivity index (χ3n) is 1.92. The minimum Gasteiger partial charge on any atom is -0.298 e. The molecule has 1 nitrogen and oxygen atoms in total. The number of rotatable bonds is 3. The monoisotopic (exact) mass is 248 g/mol. The maximum Gasteiger partial charge on any atom is 0.152 e. The summed E-state index contributed by atoms with van der Waals surface area (Å²) in [4.78, 5) is 11.8. The third-order valence-corrected chi connectivity index (χ3v) is 3.30. The molecule has 0 aromatic heterocycles. The normalized spacial score (nSPS) is 12.6. The van der Waals surface area contributed by atoms with Crippen LogP contribution in [-0.4, -0.2) is 5.78 Å². The molecule has 0 aliphatic heterocycles. The van der Waals surface area contributed by atoms with Crippen LogP contribution in [0.15, 0.2) is 23.1 Å². The molecule has 4 heteroatoms. The van der Waals surface area contributed by atoms with Gasteiger partial charge in [0.25, 0.3) is 0 Å². The highest BCUT2D eigenvalue weighted by molar-refractivity contribution is 7.80. The fourth-order valence-corrected chi connectivity index (χ4v) is 2.07. The second-order valence-electron chi connectivity index (χ2n) is 2.96. The molecule has 76 valence electrons. The van der Waals surface area contributed by atoms with E-state index in [1.807, 2.05) is 12.1 Å². The fourth-order valence-electron chi connectivity index (χ4n) is 1.14. The zero-order valence-electron chi connectivity index (χ0n) is 7.63. The molecule has 0 radical (unpaired) electrons. The first-order valence-corrected chi connectivity index (χ1v) is 5.51. The summed E-state index contributed by atoms with van der Waals surface area (Å²) in [6, 6.07) is 5.48. The fraction of sp³-hybridized carbons (Fsp3) is 0.300. The molecule has 14 heavy (non-hydrogen) atoms. The maximum absolute atomic E-state index is 11.1. The molecule has 1 aromatic rings. The second-order valence-corrected chi connectivity index (χ2v) is 4.11. The third kappa shape index (κ3) is 2.44. The maximum atomic E-state index is 11.1. The van der Waals surface area contributed by atoms with Gasteiger partial charge in [0.1, 0.15) is 5.38 Å². The average Bonchev–Trinajstić information content (AvgIpc) is 2.17. The Hall–Kier alpha value is -0.180. The molecule has 1 aromatic carbocycles. The first-order valence-electron chi connectivity index (χ1n) is 4.09. The Morgan fingerprint density at radius 3 is 2.71 bits per heavy atom. The lowest BCUT2D eigenvalue weighted by Crippen LogP contribution is -2.03. The van der Waals surface area contributed by atoms with Gasteiger partial charge in [-0.1, -0.05) is 18.2 Å². The van der Waals surface area contributed by atoms with Crippen molar-refractivity contribution in [2.45, 2.75) is 23.1 Å². The van der Waals surface area contributed by atoms with Crippen LogP contribution in [0, 0.1) is 0 Å². The number of alkyl halides is 2. The van der Waals surface area contributed by atoms with Gasteiger partial charge >= 0.3 is 0 Å². The number of carbonyl (C=O) groups excluding carboxylic acids is 1. The number of thiol groups is 1. The number of benzene rings is 1. The molecule has 0 bridgehead atoms. The molecule has 1 atom stereocenters. The van der Waals surface area contributed by atoms with Crippen molar-refractivity contribution in [2.24, 2.45) is 0 Å². The zero-order chi connectivity index (χ0) is 10.7. The van der Waals surface area contributed by atoms with Gasteiger partial charge in [0.15, 0.2) is 5.78 Å². The summed E-state index contributed by atoms with van der Waals surface area (Å²) < 4.78 is 0. The van der Waals surface area contributed by atoms with Gasteiger partial charge in [-0.15, -0.1) is 35.8 Å². The molecule has 1 unspecified atom stereocenters. The van der Waals surface area contributed by atoms with Crippen LogP contribution in [0.5, 0.6) is 0 Å². The van der Waals surface area contributed by atoms with Gasteiger partial charge in [0, 0.05) is 10.8 Å². The topological polar surface area (TPSA) is 17.1 Å². The van der Waals surface area contributed by atoms with E-state index in [1.54, 1.807) is 6.07 Å². The first kappa shape index (κ1) is 11.9. The van der Waals surface area contributed by atoms with Crippen LogP contribution in [0.4, 0.5) is 0 Å². The van der Waals surface area contributed by atoms with E-state index in [1.165, 1.54) is 6.92 Å². The van der Waals surface area contributed by atoms with Crippen molar-refractivity contribution in [3.63, 3.8) is 0 Å². The summed E-state index contributed by atoms with van der Waals surface area (Å²) >= 11 is 15.9. The van der Waals surface area contributed by atoms with Crippen LogP contribution in [0.1, 0.15) is 23.4 Å². The van der Waals surface area contributed by atoms with Crippen molar-refractivity contribution < 1.29 is 4.79 Å². The highest BCUT2D eigenvalue weighted by atomic mass is 35.5. The van der Waals surface area contributed by atoms with Crippen LogP contribution in [0.3, 0.4) is 0 Å². The zero-order valence-corrected chi connectivity index (χ0v) is 10.0. The molecule has 0 spiro atoms. The summed E-state index contributed by atoms with van der Waals surface area (Å²) in [7, 11) is 0. The Kier molecular flexibility index (Phi) is 4.30. The van der Waals surface area contributed by atoms with Gasteiger partial charge in [0.2, 0.25) is 0 Å². The predicted octanol–water partition coefficient (Wildman–Crippen LogP) is 3.58. The quantitative estimate of drug-likeness (QED) is 0.640. The second kappa shape index (κ2) is 5.06. The lowest BCUT2D eigenvalue weighted by molar-refractivity contribution is -0.116. The highest BCUT2D eigenvalue weighted by Crippen LogP contribution is 2.30. The molecule has 0 fully saturated rings. The van der Waals surface area contributed by atoms with E-state index in [0.717, 1.165) is 11.1 Å². The van der Waals surface area contributed by atoms with Crippen molar-refractivity contribution in [3.05, 3.63) is 29.3 Å². The predicted molar refractivity (Wildman–Crippen MR) is 62.5 cm³/mol. The van der Waals surface area contributed by atoms with Gasteiger partial charge in [-0.25, -0.2) is 0 Å². The van der Waals surface area contributed by atoms with Gasteiger partial charge in [-0.2, -0.15) is 0 Å². The Balaban J connectivity index is 3.15. The van der Waals surface area contributed by atoms with Crippen molar-refractivity contribution in [1.29, 1.82) is 0 Å². The minimum atomic E-state index is -0.634. The van der Waals surface area contributed by atoms with Gasteiger partial charge in [0.05, 0.1) is 0 Å². The Morgan fingerprint density at radius 2 is 2.21 bits per heavy atom. The van der Waals surface area contributed by atoms with E-state index in [-0.39, 0.29) is 5.78 Å². The molecular formula is C10H10Cl2OS. The Labute approximate surface area is 98.8 Å². The van der Waals surface area contributed by atoms with E-state index in [4.69, 9.17) is 23.2 Å². The van der Waals surface area contributed by atoms with Crippen LogP contribution in [-0.2, 0) is 10.7 Å². The minimum absolute atomic E-state index is 0.0892. The molecular weight excluding hydrogens is 239 g/mol. The van der Waals surface area contributed by atoms with E-state index < -0.39 is 5.38 Å². The van der Waals surface area contributed by atoms with Crippen molar-refractivity contribution in [2.75, 3.05) is 0 Å². The van der Waals surface area contributed by atoms with Crippen LogP contribution >= 0.6 is 35.8 Å². The molecule has 0 amide bonds. The van der Waals surface area contributed by atoms with Crippen LogP contribution < -0.4 is 0 Å². The molecule has 0 saturated carbocycles. The lowest BCUT2D eigenvalue weighted by Gasteiger charge is -2.11. The van der Waals surface area contributed by atoms with Crippen molar-refractivity contribution >= 4 is 41.6 Å². The first-order chi connectivity index (χ1) is 6.57. The van der Waals surface area contributed by atoms with Crippen LogP contribution in [0.2, 0.25) is 0 Å². The molecule has 0 aliphatic carbocycles. The average molecular weight is 249 g/mol. The number of carbonyl (C=O) groups is 1. The van der Waals surface area contributed by atoms with E-state index in [9.17, 15) is 4.79 Å². The number of hydrogen-bond acceptors (Lipinski definition) is 2. The number of ketones is 1. The Morgan fingerprint density at radius 1 is 1.57 bits per heavy atom. The lowest BCUT2D eigenvalue weighted by atomic mass is 10.1. The highest BCUT2D eigenvalue weighted by Gasteiger charge is 2.16. The Bertz CT molecular complexity index is 352. The van der Waals surface area contributed by atoms with E-state index in [0.29, 0.717) is 10.8 Å². The molecule has 1 rings (SSSR count).